The number of hydrogen-bond acceptors (Lipinski definition) is 3. The quantitative estimate of drug-likeness (QED) is 0.706. The molecule has 3 heteroatoms. The monoisotopic (exact) mass is 211 g/mol. The molecule has 0 atom stereocenters. The Morgan fingerprint density at radius 3 is 2.93 bits per heavy atom. The number of rotatable bonds is 5. The van der Waals surface area contributed by atoms with Crippen LogP contribution < -0.4 is 5.73 Å². The van der Waals surface area contributed by atoms with Crippen molar-refractivity contribution in [2.45, 2.75) is 38.5 Å². The van der Waals surface area contributed by atoms with Crippen molar-refractivity contribution in [2.24, 2.45) is 5.73 Å². The van der Waals surface area contributed by atoms with Gasteiger partial charge < -0.3 is 10.5 Å². The van der Waals surface area contributed by atoms with Crippen molar-refractivity contribution in [2.75, 3.05) is 19.8 Å². The van der Waals surface area contributed by atoms with E-state index in [9.17, 15) is 4.79 Å². The second-order valence-corrected chi connectivity index (χ2v) is 3.95. The molecule has 3 nitrogen and oxygen atoms in total. The van der Waals surface area contributed by atoms with Crippen LogP contribution in [0.4, 0.5) is 0 Å². The Hall–Kier alpha value is -0.670. The van der Waals surface area contributed by atoms with Crippen molar-refractivity contribution in [1.29, 1.82) is 0 Å². The Labute approximate surface area is 91.7 Å². The van der Waals surface area contributed by atoms with Crippen LogP contribution in [0.25, 0.3) is 0 Å². The number of ketones is 1. The highest BCUT2D eigenvalue weighted by Crippen LogP contribution is 2.17. The first-order chi connectivity index (χ1) is 7.34. The Kier molecular flexibility index (Phi) is 6.28. The van der Waals surface area contributed by atoms with Gasteiger partial charge in [0.2, 0.25) is 0 Å². The molecule has 2 N–H and O–H groups in total. The molecule has 1 aliphatic carbocycles. The molecule has 1 rings (SSSR count). The molecule has 15 heavy (non-hydrogen) atoms. The Morgan fingerprint density at radius 1 is 1.33 bits per heavy atom. The standard InChI is InChI=1S/C12H21NO2/c13-8-9-15-10-12(14)11-6-4-2-1-3-5-7-11/h6H,1-5,7-10,13H2. The van der Waals surface area contributed by atoms with Gasteiger partial charge in [-0.1, -0.05) is 18.9 Å². The fourth-order valence-corrected chi connectivity index (χ4v) is 1.79. The van der Waals surface area contributed by atoms with Gasteiger partial charge in [0, 0.05) is 6.54 Å². The third-order valence-electron chi connectivity index (χ3n) is 2.64. The average Bonchev–Trinajstić information content (AvgIpc) is 2.17. The van der Waals surface area contributed by atoms with Gasteiger partial charge in [0.25, 0.3) is 0 Å². The van der Waals surface area contributed by atoms with E-state index in [4.69, 9.17) is 10.5 Å². The summed E-state index contributed by atoms with van der Waals surface area (Å²) in [5.41, 5.74) is 6.25. The Balaban J connectivity index is 2.34. The second kappa shape index (κ2) is 7.60. The molecule has 0 aromatic heterocycles. The summed E-state index contributed by atoms with van der Waals surface area (Å²) in [7, 11) is 0. The first-order valence-electron chi connectivity index (χ1n) is 5.84. The number of carbonyl (C=O) groups excluding carboxylic acids is 1. The van der Waals surface area contributed by atoms with Gasteiger partial charge in [-0.3, -0.25) is 4.79 Å². The highest BCUT2D eigenvalue weighted by atomic mass is 16.5. The summed E-state index contributed by atoms with van der Waals surface area (Å²) >= 11 is 0. The minimum absolute atomic E-state index is 0.144. The SMILES string of the molecule is NCCOCC(=O)C1=CCCCCCC1. The Morgan fingerprint density at radius 2 is 2.13 bits per heavy atom. The third kappa shape index (κ3) is 5.09. The molecule has 0 saturated carbocycles. The van der Waals surface area contributed by atoms with E-state index in [0.717, 1.165) is 24.8 Å². The van der Waals surface area contributed by atoms with E-state index in [1.807, 2.05) is 0 Å². The van der Waals surface area contributed by atoms with Crippen molar-refractivity contribution in [3.8, 4) is 0 Å². The van der Waals surface area contributed by atoms with Gasteiger partial charge in [-0.05, 0) is 31.3 Å². The van der Waals surface area contributed by atoms with Crippen LogP contribution in [0.5, 0.6) is 0 Å². The van der Waals surface area contributed by atoms with Crippen molar-refractivity contribution in [3.63, 3.8) is 0 Å². The number of carbonyl (C=O) groups is 1. The van der Waals surface area contributed by atoms with Crippen LogP contribution in [0.2, 0.25) is 0 Å². The largest absolute Gasteiger partial charge is 0.372 e. The van der Waals surface area contributed by atoms with Gasteiger partial charge in [-0.2, -0.15) is 0 Å². The highest BCUT2D eigenvalue weighted by molar-refractivity contribution is 5.96. The molecule has 0 bridgehead atoms. The molecule has 0 unspecified atom stereocenters. The number of hydrogen-bond donors (Lipinski definition) is 1. The third-order valence-corrected chi connectivity index (χ3v) is 2.64. The van der Waals surface area contributed by atoms with E-state index in [1.165, 1.54) is 19.3 Å². The van der Waals surface area contributed by atoms with Gasteiger partial charge in [0.15, 0.2) is 5.78 Å². The molecule has 0 radical (unpaired) electrons. The van der Waals surface area contributed by atoms with E-state index >= 15 is 0 Å². The van der Waals surface area contributed by atoms with E-state index in [0.29, 0.717) is 13.2 Å². The van der Waals surface area contributed by atoms with E-state index in [-0.39, 0.29) is 12.4 Å². The van der Waals surface area contributed by atoms with Crippen molar-refractivity contribution >= 4 is 5.78 Å². The number of nitrogens with two attached hydrogens (primary N) is 1. The molecule has 0 heterocycles. The Bertz CT molecular complexity index is 224. The lowest BCUT2D eigenvalue weighted by molar-refractivity contribution is -0.120. The molecule has 0 spiro atoms. The zero-order chi connectivity index (χ0) is 10.9. The minimum atomic E-state index is 0.144. The first-order valence-corrected chi connectivity index (χ1v) is 5.84. The molecule has 0 aliphatic heterocycles. The molecule has 0 saturated heterocycles. The van der Waals surface area contributed by atoms with E-state index in [1.54, 1.807) is 0 Å². The fraction of sp³-hybridized carbons (Fsp3) is 0.750. The van der Waals surface area contributed by atoms with Crippen LogP contribution in [0, 0.1) is 0 Å². The number of allylic oxidation sites excluding steroid dienone is 1. The second-order valence-electron chi connectivity index (χ2n) is 3.95. The van der Waals surface area contributed by atoms with Gasteiger partial charge >= 0.3 is 0 Å². The lowest BCUT2D eigenvalue weighted by atomic mass is 9.97. The average molecular weight is 211 g/mol. The molecular weight excluding hydrogens is 190 g/mol. The number of Topliss-reactive ketones (excluding diaryl/α,β-unsaturated/α-hetero) is 1. The predicted octanol–water partition coefficient (Wildman–Crippen LogP) is 1.81. The predicted molar refractivity (Wildman–Crippen MR) is 60.7 cm³/mol. The maximum Gasteiger partial charge on any atom is 0.184 e. The topological polar surface area (TPSA) is 52.3 Å². The van der Waals surface area contributed by atoms with Gasteiger partial charge in [-0.15, -0.1) is 0 Å². The molecule has 0 aromatic carbocycles. The maximum absolute atomic E-state index is 11.7. The highest BCUT2D eigenvalue weighted by Gasteiger charge is 2.10. The van der Waals surface area contributed by atoms with Crippen LogP contribution in [0.3, 0.4) is 0 Å². The molecule has 0 amide bonds. The zero-order valence-corrected chi connectivity index (χ0v) is 9.34. The normalized spacial score (nSPS) is 17.8. The fourth-order valence-electron chi connectivity index (χ4n) is 1.79. The lowest BCUT2D eigenvalue weighted by Crippen LogP contribution is -2.16. The van der Waals surface area contributed by atoms with Gasteiger partial charge in [-0.25, -0.2) is 0 Å². The summed E-state index contributed by atoms with van der Waals surface area (Å²) in [4.78, 5) is 11.7. The van der Waals surface area contributed by atoms with E-state index in [2.05, 4.69) is 6.08 Å². The molecular formula is C12H21NO2. The lowest BCUT2D eigenvalue weighted by Gasteiger charge is -2.10. The molecule has 0 aromatic rings. The first kappa shape index (κ1) is 12.4. The summed E-state index contributed by atoms with van der Waals surface area (Å²) in [5, 5.41) is 0. The van der Waals surface area contributed by atoms with Crippen LogP contribution in [-0.4, -0.2) is 25.5 Å². The summed E-state index contributed by atoms with van der Waals surface area (Å²) in [6.45, 7) is 1.15. The summed E-state index contributed by atoms with van der Waals surface area (Å²) in [5.74, 6) is 0.144. The zero-order valence-electron chi connectivity index (χ0n) is 9.34. The molecule has 0 fully saturated rings. The van der Waals surface area contributed by atoms with Crippen LogP contribution in [-0.2, 0) is 9.53 Å². The summed E-state index contributed by atoms with van der Waals surface area (Å²) < 4.78 is 5.15. The van der Waals surface area contributed by atoms with Crippen molar-refractivity contribution in [3.05, 3.63) is 11.6 Å². The minimum Gasteiger partial charge on any atom is -0.372 e. The summed E-state index contributed by atoms with van der Waals surface area (Å²) in [6, 6.07) is 0. The summed E-state index contributed by atoms with van der Waals surface area (Å²) in [6.07, 6.45) is 8.93. The van der Waals surface area contributed by atoms with Crippen LogP contribution in [0.15, 0.2) is 11.6 Å². The molecule has 86 valence electrons. The number of ether oxygens (including phenoxy) is 1. The van der Waals surface area contributed by atoms with Crippen LogP contribution in [0.1, 0.15) is 38.5 Å². The van der Waals surface area contributed by atoms with Crippen LogP contribution >= 0.6 is 0 Å². The van der Waals surface area contributed by atoms with Crippen molar-refractivity contribution in [1.82, 2.24) is 0 Å². The molecule has 1 aliphatic rings. The van der Waals surface area contributed by atoms with E-state index < -0.39 is 0 Å². The van der Waals surface area contributed by atoms with Gasteiger partial charge in [0.1, 0.15) is 6.61 Å². The van der Waals surface area contributed by atoms with Gasteiger partial charge in [0.05, 0.1) is 6.61 Å². The van der Waals surface area contributed by atoms with Crippen molar-refractivity contribution < 1.29 is 9.53 Å². The smallest absolute Gasteiger partial charge is 0.184 e. The maximum atomic E-state index is 11.7.